The monoisotopic (exact) mass is 383 g/mol. The summed E-state index contributed by atoms with van der Waals surface area (Å²) in [5.74, 6) is -1.09. The van der Waals surface area contributed by atoms with E-state index in [1.54, 1.807) is 12.1 Å². The van der Waals surface area contributed by atoms with Crippen LogP contribution in [0.5, 0.6) is 0 Å². The largest absolute Gasteiger partial charge is 0.463 e. The molecule has 0 aliphatic carbocycles. The van der Waals surface area contributed by atoms with Crippen LogP contribution < -0.4 is 5.01 Å². The molecule has 0 N–H and O–H groups in total. The third-order valence-corrected chi connectivity index (χ3v) is 4.62. The number of hydrazone groups is 1. The molecule has 0 radical (unpaired) electrons. The number of halogens is 2. The van der Waals surface area contributed by atoms with E-state index in [0.29, 0.717) is 16.0 Å². The van der Waals surface area contributed by atoms with Crippen molar-refractivity contribution in [3.05, 3.63) is 83.8 Å². The lowest BCUT2D eigenvalue weighted by atomic mass is 10.2. The molecular formula is C19H11F2N3O2S. The van der Waals surface area contributed by atoms with Gasteiger partial charge in [-0.3, -0.25) is 4.79 Å². The topological polar surface area (TPSA) is 58.7 Å². The molecule has 8 heteroatoms. The van der Waals surface area contributed by atoms with E-state index in [2.05, 4.69) is 10.1 Å². The second-order valence-corrected chi connectivity index (χ2v) is 6.50. The van der Waals surface area contributed by atoms with Gasteiger partial charge in [-0.05, 0) is 48.5 Å². The summed E-state index contributed by atoms with van der Waals surface area (Å²) in [6.45, 7) is 0. The fourth-order valence-electron chi connectivity index (χ4n) is 2.39. The Morgan fingerprint density at radius 1 is 1.11 bits per heavy atom. The fraction of sp³-hybridized carbons (Fsp3) is 0. The second-order valence-electron chi connectivity index (χ2n) is 5.50. The summed E-state index contributed by atoms with van der Waals surface area (Å²) in [7, 11) is 0. The fourth-order valence-corrected chi connectivity index (χ4v) is 3.34. The van der Waals surface area contributed by atoms with Crippen LogP contribution in [0.4, 0.5) is 13.9 Å². The van der Waals surface area contributed by atoms with Crippen LogP contribution in [-0.2, 0) is 0 Å². The van der Waals surface area contributed by atoms with Crippen LogP contribution in [0.25, 0.3) is 10.2 Å². The molecule has 2 aromatic heterocycles. The summed E-state index contributed by atoms with van der Waals surface area (Å²) in [6, 6.07) is 12.8. The summed E-state index contributed by atoms with van der Waals surface area (Å²) in [6.07, 6.45) is 2.82. The van der Waals surface area contributed by atoms with Gasteiger partial charge < -0.3 is 4.42 Å². The molecular weight excluding hydrogens is 372 g/mol. The maximum absolute atomic E-state index is 13.5. The summed E-state index contributed by atoms with van der Waals surface area (Å²) >= 11 is 1.10. The second kappa shape index (κ2) is 7.08. The lowest BCUT2D eigenvalue weighted by Crippen LogP contribution is -2.25. The van der Waals surface area contributed by atoms with Gasteiger partial charge in [0.05, 0.1) is 22.7 Å². The SMILES string of the molecule is O=C(c1cccc(F)c1)N(/N=C/c1ccco1)c1nc2ccc(F)cc2s1. The highest BCUT2D eigenvalue weighted by Gasteiger charge is 2.21. The molecule has 0 aliphatic heterocycles. The highest BCUT2D eigenvalue weighted by molar-refractivity contribution is 7.22. The van der Waals surface area contributed by atoms with Gasteiger partial charge in [-0.25, -0.2) is 13.8 Å². The minimum atomic E-state index is -0.572. The quantitative estimate of drug-likeness (QED) is 0.374. The smallest absolute Gasteiger partial charge is 0.280 e. The number of rotatable bonds is 4. The molecule has 0 spiro atoms. The zero-order chi connectivity index (χ0) is 18.8. The summed E-state index contributed by atoms with van der Waals surface area (Å²) in [4.78, 5) is 17.3. The molecule has 4 rings (SSSR count). The number of nitrogens with zero attached hydrogens (tertiary/aromatic N) is 3. The first-order valence-electron chi connectivity index (χ1n) is 7.84. The van der Waals surface area contributed by atoms with Crippen molar-refractivity contribution in [2.45, 2.75) is 0 Å². The average molecular weight is 383 g/mol. The third kappa shape index (κ3) is 3.61. The molecule has 0 aliphatic rings. The van der Waals surface area contributed by atoms with Crippen molar-refractivity contribution in [1.29, 1.82) is 0 Å². The molecule has 1 amide bonds. The van der Waals surface area contributed by atoms with Gasteiger partial charge in [-0.2, -0.15) is 10.1 Å². The molecule has 0 bridgehead atoms. The number of hydrogen-bond acceptors (Lipinski definition) is 5. The van der Waals surface area contributed by atoms with Gasteiger partial charge in [0.25, 0.3) is 5.91 Å². The highest BCUT2D eigenvalue weighted by atomic mass is 32.1. The Balaban J connectivity index is 1.77. The van der Waals surface area contributed by atoms with Crippen molar-refractivity contribution in [2.75, 3.05) is 5.01 Å². The molecule has 0 unspecified atom stereocenters. The van der Waals surface area contributed by atoms with Crippen LogP contribution in [0.2, 0.25) is 0 Å². The van der Waals surface area contributed by atoms with Crippen LogP contribution in [0.1, 0.15) is 16.1 Å². The first kappa shape index (κ1) is 17.0. The van der Waals surface area contributed by atoms with Crippen molar-refractivity contribution >= 4 is 38.8 Å². The van der Waals surface area contributed by atoms with Crippen molar-refractivity contribution in [2.24, 2.45) is 5.10 Å². The third-order valence-electron chi connectivity index (χ3n) is 3.63. The van der Waals surface area contributed by atoms with Gasteiger partial charge in [0.15, 0.2) is 0 Å². The Labute approximate surface area is 156 Å². The van der Waals surface area contributed by atoms with Crippen molar-refractivity contribution in [1.82, 2.24) is 4.98 Å². The van der Waals surface area contributed by atoms with E-state index < -0.39 is 17.5 Å². The number of furan rings is 1. The van der Waals surface area contributed by atoms with E-state index in [-0.39, 0.29) is 10.7 Å². The standard InChI is InChI=1S/C19H11F2N3O2S/c20-13-4-1-3-12(9-13)18(25)24(22-11-15-5-2-8-26-15)19-23-16-7-6-14(21)10-17(16)27-19/h1-11H/b22-11+. The number of anilines is 1. The van der Waals surface area contributed by atoms with E-state index in [0.717, 1.165) is 22.4 Å². The van der Waals surface area contributed by atoms with E-state index in [9.17, 15) is 13.6 Å². The summed E-state index contributed by atoms with van der Waals surface area (Å²) in [5.41, 5.74) is 0.638. The predicted molar refractivity (Wildman–Crippen MR) is 99.1 cm³/mol. The van der Waals surface area contributed by atoms with Crippen LogP contribution in [0.3, 0.4) is 0 Å². The number of carbonyl (C=O) groups excluding carboxylic acids is 1. The van der Waals surface area contributed by atoms with Crippen molar-refractivity contribution in [3.8, 4) is 0 Å². The number of hydrogen-bond donors (Lipinski definition) is 0. The number of aromatic nitrogens is 1. The molecule has 27 heavy (non-hydrogen) atoms. The molecule has 2 heterocycles. The van der Waals surface area contributed by atoms with Gasteiger partial charge in [-0.15, -0.1) is 0 Å². The lowest BCUT2D eigenvalue weighted by molar-refractivity contribution is 0.0987. The molecule has 5 nitrogen and oxygen atoms in total. The van der Waals surface area contributed by atoms with Gasteiger partial charge in [0.1, 0.15) is 17.4 Å². The highest BCUT2D eigenvalue weighted by Crippen LogP contribution is 2.30. The van der Waals surface area contributed by atoms with Crippen molar-refractivity contribution in [3.63, 3.8) is 0 Å². The zero-order valence-electron chi connectivity index (χ0n) is 13.7. The Morgan fingerprint density at radius 3 is 2.74 bits per heavy atom. The molecule has 0 saturated carbocycles. The lowest BCUT2D eigenvalue weighted by Gasteiger charge is -2.13. The van der Waals surface area contributed by atoms with Crippen LogP contribution in [-0.4, -0.2) is 17.1 Å². The van der Waals surface area contributed by atoms with E-state index in [1.165, 1.54) is 48.9 Å². The van der Waals surface area contributed by atoms with Gasteiger partial charge in [0, 0.05) is 5.56 Å². The Hall–Kier alpha value is -3.39. The number of amides is 1. The summed E-state index contributed by atoms with van der Waals surface area (Å²) < 4.78 is 32.7. The average Bonchev–Trinajstić information content (AvgIpc) is 3.31. The number of benzene rings is 2. The molecule has 0 fully saturated rings. The molecule has 0 atom stereocenters. The maximum atomic E-state index is 13.5. The van der Waals surface area contributed by atoms with Gasteiger partial charge in [0.2, 0.25) is 5.13 Å². The first-order valence-corrected chi connectivity index (χ1v) is 8.65. The normalized spacial score (nSPS) is 11.3. The van der Waals surface area contributed by atoms with E-state index >= 15 is 0 Å². The molecule has 4 aromatic rings. The molecule has 134 valence electrons. The Bertz CT molecular complexity index is 1140. The van der Waals surface area contributed by atoms with Crippen LogP contribution in [0, 0.1) is 11.6 Å². The summed E-state index contributed by atoms with van der Waals surface area (Å²) in [5, 5.41) is 5.43. The number of fused-ring (bicyclic) bond motifs is 1. The Kier molecular flexibility index (Phi) is 4.47. The van der Waals surface area contributed by atoms with Gasteiger partial charge >= 0.3 is 0 Å². The van der Waals surface area contributed by atoms with Crippen LogP contribution in [0.15, 0.2) is 70.4 Å². The number of carbonyl (C=O) groups is 1. The Morgan fingerprint density at radius 2 is 1.96 bits per heavy atom. The molecule has 0 saturated heterocycles. The maximum Gasteiger partial charge on any atom is 0.280 e. The van der Waals surface area contributed by atoms with Crippen LogP contribution >= 0.6 is 11.3 Å². The minimum absolute atomic E-state index is 0.108. The van der Waals surface area contributed by atoms with E-state index in [4.69, 9.17) is 4.42 Å². The zero-order valence-corrected chi connectivity index (χ0v) is 14.5. The molecule has 2 aromatic carbocycles. The van der Waals surface area contributed by atoms with E-state index in [1.807, 2.05) is 0 Å². The van der Waals surface area contributed by atoms with Gasteiger partial charge in [-0.1, -0.05) is 17.4 Å². The first-order chi connectivity index (χ1) is 13.1. The minimum Gasteiger partial charge on any atom is -0.463 e. The predicted octanol–water partition coefficient (Wildman–Crippen LogP) is 4.85. The van der Waals surface area contributed by atoms with Crippen molar-refractivity contribution < 1.29 is 18.0 Å². The number of thiazole rings is 1.